The Morgan fingerprint density at radius 1 is 0.920 bits per heavy atom. The van der Waals surface area contributed by atoms with Gasteiger partial charge in [0.05, 0.1) is 18.9 Å². The van der Waals surface area contributed by atoms with E-state index in [-0.39, 0.29) is 5.91 Å². The molecule has 0 bridgehead atoms. The van der Waals surface area contributed by atoms with Gasteiger partial charge in [0, 0.05) is 9.40 Å². The standard InChI is InChI=1S/C10H9NOS.C10H7NS/c11-9(12)6-8-3-1-2-7-4-5-13-10(7)8;11-6-4-8-2-1-3-9-5-7-12-10(8)9/h1-5H,6H2,(H2,11,12);1-3,5,7H,4H2. The third kappa shape index (κ3) is 4.05. The first kappa shape index (κ1) is 17.2. The van der Waals surface area contributed by atoms with Crippen molar-refractivity contribution in [3.05, 3.63) is 70.4 Å². The topological polar surface area (TPSA) is 66.9 Å². The Hall–Kier alpha value is -2.68. The predicted molar refractivity (Wildman–Crippen MR) is 106 cm³/mol. The zero-order valence-corrected chi connectivity index (χ0v) is 15.1. The highest BCUT2D eigenvalue weighted by atomic mass is 32.1. The van der Waals surface area contributed by atoms with E-state index in [4.69, 9.17) is 11.0 Å². The summed E-state index contributed by atoms with van der Waals surface area (Å²) in [6, 6.07) is 18.3. The van der Waals surface area contributed by atoms with Crippen LogP contribution in [-0.4, -0.2) is 5.91 Å². The zero-order valence-electron chi connectivity index (χ0n) is 13.4. The molecule has 0 aliphatic carbocycles. The van der Waals surface area contributed by atoms with Gasteiger partial charge in [-0.05, 0) is 44.8 Å². The van der Waals surface area contributed by atoms with Gasteiger partial charge < -0.3 is 5.73 Å². The SMILES string of the molecule is N#CCc1cccc2ccsc12.NC(=O)Cc1cccc2ccsc12. The largest absolute Gasteiger partial charge is 0.369 e. The summed E-state index contributed by atoms with van der Waals surface area (Å²) in [5, 5.41) is 15.1. The van der Waals surface area contributed by atoms with Crippen molar-refractivity contribution >= 4 is 48.8 Å². The Morgan fingerprint density at radius 3 is 2.04 bits per heavy atom. The average molecular weight is 364 g/mol. The van der Waals surface area contributed by atoms with Crippen LogP contribution in [0, 0.1) is 11.3 Å². The van der Waals surface area contributed by atoms with Crippen molar-refractivity contribution < 1.29 is 4.79 Å². The third-order valence-corrected chi connectivity index (χ3v) is 5.77. The molecule has 5 heteroatoms. The molecule has 2 N–H and O–H groups in total. The molecule has 4 rings (SSSR count). The number of thiophene rings is 2. The van der Waals surface area contributed by atoms with Gasteiger partial charge in [0.1, 0.15) is 0 Å². The summed E-state index contributed by atoms with van der Waals surface area (Å²) < 4.78 is 2.42. The molecule has 25 heavy (non-hydrogen) atoms. The minimum Gasteiger partial charge on any atom is -0.369 e. The molecular formula is C20H16N2OS2. The fourth-order valence-corrected chi connectivity index (χ4v) is 4.49. The number of carbonyl (C=O) groups excluding carboxylic acids is 1. The molecule has 124 valence electrons. The van der Waals surface area contributed by atoms with Gasteiger partial charge in [0.15, 0.2) is 0 Å². The lowest BCUT2D eigenvalue weighted by Gasteiger charge is -1.98. The molecule has 0 unspecified atom stereocenters. The van der Waals surface area contributed by atoms with Gasteiger partial charge in [-0.15, -0.1) is 22.7 Å². The molecule has 0 spiro atoms. The van der Waals surface area contributed by atoms with Crippen molar-refractivity contribution in [2.75, 3.05) is 0 Å². The third-order valence-electron chi connectivity index (χ3n) is 3.76. The number of nitriles is 1. The molecule has 0 saturated carbocycles. The monoisotopic (exact) mass is 364 g/mol. The van der Waals surface area contributed by atoms with Crippen LogP contribution in [0.2, 0.25) is 0 Å². The van der Waals surface area contributed by atoms with E-state index >= 15 is 0 Å². The first-order valence-electron chi connectivity index (χ1n) is 7.74. The lowest BCUT2D eigenvalue weighted by atomic mass is 10.1. The smallest absolute Gasteiger partial charge is 0.221 e. The highest BCUT2D eigenvalue weighted by Gasteiger charge is 2.04. The fraction of sp³-hybridized carbons (Fsp3) is 0.100. The lowest BCUT2D eigenvalue weighted by molar-refractivity contribution is -0.117. The summed E-state index contributed by atoms with van der Waals surface area (Å²) in [6.07, 6.45) is 0.843. The molecule has 1 amide bonds. The molecule has 0 radical (unpaired) electrons. The van der Waals surface area contributed by atoms with Crippen molar-refractivity contribution in [1.29, 1.82) is 5.26 Å². The van der Waals surface area contributed by atoms with Crippen LogP contribution in [0.25, 0.3) is 20.2 Å². The van der Waals surface area contributed by atoms with Crippen molar-refractivity contribution in [3.63, 3.8) is 0 Å². The van der Waals surface area contributed by atoms with Crippen LogP contribution in [-0.2, 0) is 17.6 Å². The quantitative estimate of drug-likeness (QED) is 0.562. The molecule has 3 nitrogen and oxygen atoms in total. The summed E-state index contributed by atoms with van der Waals surface area (Å²) in [5.74, 6) is -0.277. The highest BCUT2D eigenvalue weighted by Crippen LogP contribution is 2.25. The van der Waals surface area contributed by atoms with Crippen molar-refractivity contribution in [2.24, 2.45) is 5.73 Å². The molecule has 0 fully saturated rings. The number of hydrogen-bond acceptors (Lipinski definition) is 4. The molecule has 0 atom stereocenters. The summed E-state index contributed by atoms with van der Waals surface area (Å²) in [4.78, 5) is 10.8. The van der Waals surface area contributed by atoms with E-state index in [9.17, 15) is 4.79 Å². The first-order valence-corrected chi connectivity index (χ1v) is 9.50. The number of rotatable bonds is 3. The predicted octanol–water partition coefficient (Wildman–Crippen LogP) is 4.90. The van der Waals surface area contributed by atoms with E-state index in [1.54, 1.807) is 22.7 Å². The van der Waals surface area contributed by atoms with Crippen molar-refractivity contribution in [3.8, 4) is 6.07 Å². The molecule has 4 aromatic rings. The van der Waals surface area contributed by atoms with E-state index in [0.717, 1.165) is 11.1 Å². The number of benzene rings is 2. The number of fused-ring (bicyclic) bond motifs is 2. The second-order valence-electron chi connectivity index (χ2n) is 5.49. The Kier molecular flexibility index (Phi) is 5.44. The minimum atomic E-state index is -0.277. The molecule has 2 aromatic carbocycles. The molecule has 0 aliphatic rings. The van der Waals surface area contributed by atoms with Crippen LogP contribution >= 0.6 is 22.7 Å². The van der Waals surface area contributed by atoms with Crippen LogP contribution in [0.15, 0.2) is 59.3 Å². The Morgan fingerprint density at radius 2 is 1.48 bits per heavy atom. The molecular weight excluding hydrogens is 348 g/mol. The minimum absolute atomic E-state index is 0.277. The number of amides is 1. The average Bonchev–Trinajstić information content (AvgIpc) is 3.25. The van der Waals surface area contributed by atoms with Crippen LogP contribution in [0.4, 0.5) is 0 Å². The van der Waals surface area contributed by atoms with Gasteiger partial charge in [-0.2, -0.15) is 5.26 Å². The normalized spacial score (nSPS) is 10.2. The Bertz CT molecular complexity index is 1060. The number of hydrogen-bond donors (Lipinski definition) is 1. The van der Waals surface area contributed by atoms with E-state index in [1.807, 2.05) is 41.8 Å². The maximum Gasteiger partial charge on any atom is 0.221 e. The second-order valence-corrected chi connectivity index (χ2v) is 7.32. The summed E-state index contributed by atoms with van der Waals surface area (Å²) in [6.45, 7) is 0. The van der Waals surface area contributed by atoms with E-state index in [2.05, 4.69) is 23.6 Å². The van der Waals surface area contributed by atoms with Crippen LogP contribution in [0.1, 0.15) is 11.1 Å². The van der Waals surface area contributed by atoms with Gasteiger partial charge in [0.2, 0.25) is 5.91 Å². The number of primary amides is 1. The molecule has 0 saturated heterocycles. The van der Waals surface area contributed by atoms with Gasteiger partial charge in [-0.1, -0.05) is 36.4 Å². The maximum absolute atomic E-state index is 10.8. The van der Waals surface area contributed by atoms with Crippen LogP contribution in [0.5, 0.6) is 0 Å². The Labute approximate surface area is 153 Å². The zero-order chi connectivity index (χ0) is 17.6. The fourth-order valence-electron chi connectivity index (χ4n) is 2.66. The van der Waals surface area contributed by atoms with E-state index < -0.39 is 0 Å². The van der Waals surface area contributed by atoms with E-state index in [1.165, 1.54) is 20.2 Å². The number of nitrogens with zero attached hydrogens (tertiary/aromatic N) is 1. The van der Waals surface area contributed by atoms with Crippen LogP contribution < -0.4 is 5.73 Å². The van der Waals surface area contributed by atoms with Gasteiger partial charge in [0.25, 0.3) is 0 Å². The summed E-state index contributed by atoms with van der Waals surface area (Å²) >= 11 is 3.35. The maximum atomic E-state index is 10.8. The van der Waals surface area contributed by atoms with Gasteiger partial charge >= 0.3 is 0 Å². The van der Waals surface area contributed by atoms with E-state index in [0.29, 0.717) is 12.8 Å². The Balaban J connectivity index is 0.000000146. The summed E-state index contributed by atoms with van der Waals surface area (Å²) in [5.41, 5.74) is 7.32. The number of carbonyl (C=O) groups is 1. The highest BCUT2D eigenvalue weighted by molar-refractivity contribution is 7.17. The first-order chi connectivity index (χ1) is 12.2. The van der Waals surface area contributed by atoms with Crippen molar-refractivity contribution in [1.82, 2.24) is 0 Å². The molecule has 0 aliphatic heterocycles. The van der Waals surface area contributed by atoms with Crippen LogP contribution in [0.3, 0.4) is 0 Å². The second kappa shape index (κ2) is 7.93. The van der Waals surface area contributed by atoms with Gasteiger partial charge in [-0.25, -0.2) is 0 Å². The van der Waals surface area contributed by atoms with Crippen molar-refractivity contribution in [2.45, 2.75) is 12.8 Å². The molecule has 2 aromatic heterocycles. The number of nitrogens with two attached hydrogens (primary N) is 1. The lowest BCUT2D eigenvalue weighted by Crippen LogP contribution is -2.13. The summed E-state index contributed by atoms with van der Waals surface area (Å²) in [7, 11) is 0. The molecule has 2 heterocycles. The van der Waals surface area contributed by atoms with Gasteiger partial charge in [-0.3, -0.25) is 4.79 Å².